The molecule has 0 unspecified atom stereocenters. The molecule has 0 saturated heterocycles. The first-order chi connectivity index (χ1) is 10.4. The molecule has 2 aromatic heterocycles. The van der Waals surface area contributed by atoms with E-state index >= 15 is 0 Å². The van der Waals surface area contributed by atoms with E-state index in [1.165, 1.54) is 6.20 Å². The smallest absolute Gasteiger partial charge is 0.341 e. The Morgan fingerprint density at radius 2 is 2.14 bits per heavy atom. The van der Waals surface area contributed by atoms with Gasteiger partial charge in [-0.15, -0.1) is 0 Å². The molecule has 6 nitrogen and oxygen atoms in total. The summed E-state index contributed by atoms with van der Waals surface area (Å²) < 4.78 is 16.0. The molecule has 0 aliphatic heterocycles. The van der Waals surface area contributed by atoms with Crippen LogP contribution in [-0.2, 0) is 5.54 Å². The number of hydrogen-bond donors (Lipinski definition) is 2. The second kappa shape index (κ2) is 4.13. The Bertz CT molecular complexity index is 882. The maximum atomic E-state index is 14.3. The fourth-order valence-corrected chi connectivity index (χ4v) is 2.75. The maximum absolute atomic E-state index is 14.3. The molecule has 0 spiro atoms. The normalized spacial score (nSPS) is 19.4. The molecular weight excluding hydrogens is 289 g/mol. The van der Waals surface area contributed by atoms with Crippen molar-refractivity contribution in [2.45, 2.75) is 37.3 Å². The highest BCUT2D eigenvalue weighted by molar-refractivity contribution is 5.91. The van der Waals surface area contributed by atoms with Crippen molar-refractivity contribution >= 4 is 17.0 Å². The van der Waals surface area contributed by atoms with Gasteiger partial charge in [-0.3, -0.25) is 4.79 Å². The SMILES string of the molecule is NC1(c2nc3c(cc2F)c(=O)c(C(=O)O)cn3C2CC2)CC1. The molecule has 0 amide bonds. The minimum atomic E-state index is -1.32. The summed E-state index contributed by atoms with van der Waals surface area (Å²) in [5.74, 6) is -1.96. The van der Waals surface area contributed by atoms with Gasteiger partial charge in [-0.2, -0.15) is 0 Å². The number of carbonyl (C=O) groups is 1. The van der Waals surface area contributed by atoms with Crippen molar-refractivity contribution in [3.63, 3.8) is 0 Å². The molecule has 2 fully saturated rings. The number of carboxylic acids is 1. The van der Waals surface area contributed by atoms with Gasteiger partial charge < -0.3 is 15.4 Å². The van der Waals surface area contributed by atoms with Crippen molar-refractivity contribution in [1.82, 2.24) is 9.55 Å². The lowest BCUT2D eigenvalue weighted by Gasteiger charge is -2.15. The maximum Gasteiger partial charge on any atom is 0.341 e. The van der Waals surface area contributed by atoms with E-state index in [4.69, 9.17) is 10.8 Å². The minimum Gasteiger partial charge on any atom is -0.477 e. The largest absolute Gasteiger partial charge is 0.477 e. The Balaban J connectivity index is 2.07. The quantitative estimate of drug-likeness (QED) is 0.895. The van der Waals surface area contributed by atoms with Crippen LogP contribution in [-0.4, -0.2) is 20.6 Å². The summed E-state index contributed by atoms with van der Waals surface area (Å²) in [6.07, 6.45) is 4.40. The molecule has 4 rings (SSSR count). The Morgan fingerprint density at radius 1 is 1.45 bits per heavy atom. The molecule has 2 aliphatic rings. The van der Waals surface area contributed by atoms with Gasteiger partial charge >= 0.3 is 5.97 Å². The van der Waals surface area contributed by atoms with Crippen molar-refractivity contribution in [1.29, 1.82) is 0 Å². The Kier molecular flexibility index (Phi) is 2.51. The fraction of sp³-hybridized carbons (Fsp3) is 0.400. The first-order valence-electron chi connectivity index (χ1n) is 7.19. The standard InChI is InChI=1S/C15H14FN3O3/c16-10-5-8-11(20)9(14(21)22)6-19(7-1-2-7)13(8)18-12(10)15(17)3-4-15/h5-7H,1-4,17H2,(H,21,22). The average molecular weight is 303 g/mol. The zero-order valence-electron chi connectivity index (χ0n) is 11.7. The van der Waals surface area contributed by atoms with Gasteiger partial charge in [-0.1, -0.05) is 0 Å². The summed E-state index contributed by atoms with van der Waals surface area (Å²) in [6.45, 7) is 0. The number of rotatable bonds is 3. The molecule has 3 N–H and O–H groups in total. The molecule has 0 radical (unpaired) electrons. The van der Waals surface area contributed by atoms with E-state index in [0.29, 0.717) is 18.5 Å². The van der Waals surface area contributed by atoms with Gasteiger partial charge in [-0.25, -0.2) is 14.2 Å². The van der Waals surface area contributed by atoms with Crippen LogP contribution in [0.3, 0.4) is 0 Å². The minimum absolute atomic E-state index is 0.00250. The molecule has 2 heterocycles. The summed E-state index contributed by atoms with van der Waals surface area (Å²) in [7, 11) is 0. The predicted molar refractivity (Wildman–Crippen MR) is 76.3 cm³/mol. The second-order valence-corrected chi connectivity index (χ2v) is 6.16. The molecule has 22 heavy (non-hydrogen) atoms. The molecule has 7 heteroatoms. The van der Waals surface area contributed by atoms with E-state index < -0.39 is 22.8 Å². The third-order valence-corrected chi connectivity index (χ3v) is 4.39. The van der Waals surface area contributed by atoms with Crippen LogP contribution >= 0.6 is 0 Å². The Labute approximate surface area is 124 Å². The van der Waals surface area contributed by atoms with Crippen molar-refractivity contribution in [3.8, 4) is 0 Å². The van der Waals surface area contributed by atoms with Crippen LogP contribution < -0.4 is 11.2 Å². The van der Waals surface area contributed by atoms with Gasteiger partial charge in [0.1, 0.15) is 17.0 Å². The summed E-state index contributed by atoms with van der Waals surface area (Å²) in [5, 5.41) is 9.16. The summed E-state index contributed by atoms with van der Waals surface area (Å²) >= 11 is 0. The number of fused-ring (bicyclic) bond motifs is 1. The highest BCUT2D eigenvalue weighted by Crippen LogP contribution is 2.44. The molecule has 0 bridgehead atoms. The lowest BCUT2D eigenvalue weighted by molar-refractivity contribution is 0.0695. The third kappa shape index (κ3) is 1.85. The van der Waals surface area contributed by atoms with E-state index in [-0.39, 0.29) is 22.7 Å². The van der Waals surface area contributed by atoms with E-state index in [0.717, 1.165) is 18.9 Å². The van der Waals surface area contributed by atoms with Crippen LogP contribution in [0.5, 0.6) is 0 Å². The van der Waals surface area contributed by atoms with E-state index in [1.54, 1.807) is 4.57 Å². The number of aromatic carboxylic acids is 1. The van der Waals surface area contributed by atoms with Crippen LogP contribution in [0.1, 0.15) is 47.8 Å². The van der Waals surface area contributed by atoms with Crippen LogP contribution in [0.15, 0.2) is 17.1 Å². The molecule has 2 saturated carbocycles. The number of aromatic nitrogens is 2. The van der Waals surface area contributed by atoms with Gasteiger partial charge in [0, 0.05) is 12.2 Å². The number of nitrogens with zero attached hydrogens (tertiary/aromatic N) is 2. The molecular formula is C15H14FN3O3. The highest BCUT2D eigenvalue weighted by Gasteiger charge is 2.44. The lowest BCUT2D eigenvalue weighted by atomic mass is 10.1. The van der Waals surface area contributed by atoms with Crippen molar-refractivity contribution in [2.24, 2.45) is 5.73 Å². The monoisotopic (exact) mass is 303 g/mol. The number of carboxylic acid groups (broad SMARTS) is 1. The fourth-order valence-electron chi connectivity index (χ4n) is 2.75. The van der Waals surface area contributed by atoms with E-state index in [9.17, 15) is 14.0 Å². The first kappa shape index (κ1) is 13.4. The third-order valence-electron chi connectivity index (χ3n) is 4.39. The highest BCUT2D eigenvalue weighted by atomic mass is 19.1. The van der Waals surface area contributed by atoms with Crippen LogP contribution in [0.4, 0.5) is 4.39 Å². The zero-order valence-corrected chi connectivity index (χ0v) is 11.7. The van der Waals surface area contributed by atoms with Gasteiger partial charge in [-0.05, 0) is 31.7 Å². The van der Waals surface area contributed by atoms with Gasteiger partial charge in [0.2, 0.25) is 5.43 Å². The number of nitrogens with two attached hydrogens (primary N) is 1. The predicted octanol–water partition coefficient (Wildman–Crippen LogP) is 1.52. The topological polar surface area (TPSA) is 98.2 Å². The molecule has 2 aromatic rings. The van der Waals surface area contributed by atoms with Gasteiger partial charge in [0.05, 0.1) is 16.6 Å². The summed E-state index contributed by atoms with van der Waals surface area (Å²) in [5.41, 5.74) is 4.70. The molecule has 0 atom stereocenters. The van der Waals surface area contributed by atoms with Crippen molar-refractivity contribution < 1.29 is 14.3 Å². The van der Waals surface area contributed by atoms with Crippen LogP contribution in [0.2, 0.25) is 0 Å². The average Bonchev–Trinajstić information content (AvgIpc) is 3.35. The van der Waals surface area contributed by atoms with Crippen molar-refractivity contribution in [3.05, 3.63) is 39.6 Å². The van der Waals surface area contributed by atoms with Gasteiger partial charge in [0.25, 0.3) is 0 Å². The number of pyridine rings is 2. The zero-order chi connectivity index (χ0) is 15.6. The van der Waals surface area contributed by atoms with Crippen LogP contribution in [0, 0.1) is 5.82 Å². The first-order valence-corrected chi connectivity index (χ1v) is 7.19. The summed E-state index contributed by atoms with van der Waals surface area (Å²) in [6, 6.07) is 1.19. The number of halogens is 1. The van der Waals surface area contributed by atoms with E-state index in [1.807, 2.05) is 0 Å². The molecule has 114 valence electrons. The van der Waals surface area contributed by atoms with Gasteiger partial charge in [0.15, 0.2) is 0 Å². The lowest BCUT2D eigenvalue weighted by Crippen LogP contribution is -2.25. The second-order valence-electron chi connectivity index (χ2n) is 6.16. The summed E-state index contributed by atoms with van der Waals surface area (Å²) in [4.78, 5) is 27.8. The Morgan fingerprint density at radius 3 is 2.68 bits per heavy atom. The molecule has 2 aliphatic carbocycles. The molecule has 0 aromatic carbocycles. The number of hydrogen-bond acceptors (Lipinski definition) is 4. The van der Waals surface area contributed by atoms with E-state index in [2.05, 4.69) is 4.98 Å². The van der Waals surface area contributed by atoms with Crippen molar-refractivity contribution in [2.75, 3.05) is 0 Å². The Hall–Kier alpha value is -2.28. The van der Waals surface area contributed by atoms with Crippen LogP contribution in [0.25, 0.3) is 11.0 Å².